The van der Waals surface area contributed by atoms with E-state index in [1.165, 1.54) is 0 Å². The molecule has 0 unspecified atom stereocenters. The molecule has 1 aliphatic heterocycles. The van der Waals surface area contributed by atoms with Crippen LogP contribution in [0.4, 0.5) is 5.69 Å². The maximum absolute atomic E-state index is 12.0. The van der Waals surface area contributed by atoms with E-state index in [1.807, 2.05) is 43.3 Å². The average molecular weight is 391 g/mol. The Balaban J connectivity index is 1.41. The van der Waals surface area contributed by atoms with E-state index in [0.717, 1.165) is 32.8 Å². The zero-order valence-corrected chi connectivity index (χ0v) is 15.0. The van der Waals surface area contributed by atoms with E-state index >= 15 is 0 Å². The van der Waals surface area contributed by atoms with Crippen molar-refractivity contribution in [2.75, 3.05) is 18.7 Å². The van der Waals surface area contributed by atoms with E-state index in [2.05, 4.69) is 26.6 Å². The zero-order chi connectivity index (χ0) is 16.9. The monoisotopic (exact) mass is 390 g/mol. The van der Waals surface area contributed by atoms with Crippen LogP contribution < -0.4 is 20.1 Å². The predicted molar refractivity (Wildman–Crippen MR) is 96.4 cm³/mol. The SMILES string of the molecule is Cc1cc(NC(=O)CCNCc2ccc3c(c2)OCO3)ccc1Br. The van der Waals surface area contributed by atoms with Gasteiger partial charge in [-0.25, -0.2) is 0 Å². The summed E-state index contributed by atoms with van der Waals surface area (Å²) in [4.78, 5) is 12.0. The van der Waals surface area contributed by atoms with E-state index in [9.17, 15) is 4.79 Å². The van der Waals surface area contributed by atoms with Crippen LogP contribution in [0.5, 0.6) is 11.5 Å². The molecule has 0 aliphatic carbocycles. The second-order valence-corrected chi connectivity index (χ2v) is 6.48. The van der Waals surface area contributed by atoms with Crippen LogP contribution >= 0.6 is 15.9 Å². The summed E-state index contributed by atoms with van der Waals surface area (Å²) in [6.07, 6.45) is 0.416. The lowest BCUT2D eigenvalue weighted by Crippen LogP contribution is -2.21. The lowest BCUT2D eigenvalue weighted by atomic mass is 10.2. The first kappa shape index (κ1) is 16.8. The van der Waals surface area contributed by atoms with Crippen LogP contribution in [0.2, 0.25) is 0 Å². The van der Waals surface area contributed by atoms with Crippen LogP contribution in [0, 0.1) is 6.92 Å². The molecule has 0 bridgehead atoms. The number of carbonyl (C=O) groups is 1. The summed E-state index contributed by atoms with van der Waals surface area (Å²) in [6, 6.07) is 11.6. The Labute approximate surface area is 149 Å². The van der Waals surface area contributed by atoms with Gasteiger partial charge in [-0.3, -0.25) is 4.79 Å². The van der Waals surface area contributed by atoms with Gasteiger partial charge in [-0.2, -0.15) is 0 Å². The largest absolute Gasteiger partial charge is 0.454 e. The molecular weight excluding hydrogens is 372 g/mol. The number of nitrogens with one attached hydrogen (secondary N) is 2. The highest BCUT2D eigenvalue weighted by molar-refractivity contribution is 9.10. The number of fused-ring (bicyclic) bond motifs is 1. The predicted octanol–water partition coefficient (Wildman–Crippen LogP) is 3.60. The van der Waals surface area contributed by atoms with Crippen molar-refractivity contribution in [2.45, 2.75) is 19.9 Å². The Hall–Kier alpha value is -2.05. The minimum Gasteiger partial charge on any atom is -0.454 e. The van der Waals surface area contributed by atoms with Gasteiger partial charge in [-0.1, -0.05) is 22.0 Å². The molecule has 0 atom stereocenters. The van der Waals surface area contributed by atoms with E-state index in [1.54, 1.807) is 0 Å². The van der Waals surface area contributed by atoms with Gasteiger partial charge < -0.3 is 20.1 Å². The topological polar surface area (TPSA) is 59.6 Å². The molecule has 1 amide bonds. The molecule has 0 saturated carbocycles. The molecule has 2 N–H and O–H groups in total. The van der Waals surface area contributed by atoms with Gasteiger partial charge in [0, 0.05) is 29.7 Å². The summed E-state index contributed by atoms with van der Waals surface area (Å²) in [5.41, 5.74) is 3.01. The molecule has 0 aromatic heterocycles. The third-order valence-electron chi connectivity index (χ3n) is 3.74. The van der Waals surface area contributed by atoms with E-state index in [4.69, 9.17) is 9.47 Å². The average Bonchev–Trinajstić information content (AvgIpc) is 3.03. The number of aryl methyl sites for hydroxylation is 1. The molecule has 0 saturated heterocycles. The minimum absolute atomic E-state index is 0.00471. The highest BCUT2D eigenvalue weighted by atomic mass is 79.9. The summed E-state index contributed by atoms with van der Waals surface area (Å²) in [6.45, 7) is 3.56. The molecule has 1 aliphatic rings. The molecule has 2 aromatic carbocycles. The fourth-order valence-electron chi connectivity index (χ4n) is 2.43. The number of amides is 1. The van der Waals surface area contributed by atoms with Crippen molar-refractivity contribution in [3.05, 3.63) is 52.0 Å². The number of rotatable bonds is 6. The maximum atomic E-state index is 12.0. The van der Waals surface area contributed by atoms with Gasteiger partial charge in [0.1, 0.15) is 0 Å². The van der Waals surface area contributed by atoms with E-state index in [0.29, 0.717) is 19.5 Å². The van der Waals surface area contributed by atoms with Gasteiger partial charge in [0.15, 0.2) is 11.5 Å². The van der Waals surface area contributed by atoms with Crippen LogP contribution in [0.1, 0.15) is 17.5 Å². The molecule has 2 aromatic rings. The Morgan fingerprint density at radius 2 is 2.00 bits per heavy atom. The first-order chi connectivity index (χ1) is 11.6. The molecular formula is C18H19BrN2O3. The van der Waals surface area contributed by atoms with Crippen molar-refractivity contribution in [2.24, 2.45) is 0 Å². The third-order valence-corrected chi connectivity index (χ3v) is 4.63. The Morgan fingerprint density at radius 3 is 2.83 bits per heavy atom. The number of hydrogen-bond acceptors (Lipinski definition) is 4. The quantitative estimate of drug-likeness (QED) is 0.739. The van der Waals surface area contributed by atoms with Crippen molar-refractivity contribution in [1.82, 2.24) is 5.32 Å². The van der Waals surface area contributed by atoms with Crippen molar-refractivity contribution >= 4 is 27.5 Å². The molecule has 5 nitrogen and oxygen atoms in total. The Morgan fingerprint density at radius 1 is 1.17 bits per heavy atom. The fraction of sp³-hybridized carbons (Fsp3) is 0.278. The van der Waals surface area contributed by atoms with Gasteiger partial charge in [0.25, 0.3) is 0 Å². The third kappa shape index (κ3) is 4.27. The summed E-state index contributed by atoms with van der Waals surface area (Å²) in [5, 5.41) is 6.17. The highest BCUT2D eigenvalue weighted by Gasteiger charge is 2.12. The van der Waals surface area contributed by atoms with Gasteiger partial charge in [0.2, 0.25) is 12.7 Å². The normalized spacial score (nSPS) is 12.2. The van der Waals surface area contributed by atoms with Crippen LogP contribution in [0.15, 0.2) is 40.9 Å². The summed E-state index contributed by atoms with van der Waals surface area (Å²) < 4.78 is 11.7. The first-order valence-electron chi connectivity index (χ1n) is 7.77. The van der Waals surface area contributed by atoms with Crippen molar-refractivity contribution in [3.63, 3.8) is 0 Å². The molecule has 6 heteroatoms. The number of anilines is 1. The molecule has 1 heterocycles. The van der Waals surface area contributed by atoms with Crippen LogP contribution in [0.25, 0.3) is 0 Å². The van der Waals surface area contributed by atoms with Gasteiger partial charge in [-0.05, 0) is 48.4 Å². The molecule has 0 radical (unpaired) electrons. The number of carbonyl (C=O) groups excluding carboxylic acids is 1. The number of hydrogen-bond donors (Lipinski definition) is 2. The minimum atomic E-state index is -0.00471. The zero-order valence-electron chi connectivity index (χ0n) is 13.4. The standard InChI is InChI=1S/C18H19BrN2O3/c1-12-8-14(3-4-15(12)19)21-18(22)6-7-20-10-13-2-5-16-17(9-13)24-11-23-16/h2-5,8-9,20H,6-7,10-11H2,1H3,(H,21,22). The van der Waals surface area contributed by atoms with Crippen molar-refractivity contribution < 1.29 is 14.3 Å². The summed E-state index contributed by atoms with van der Waals surface area (Å²) >= 11 is 3.45. The van der Waals surface area contributed by atoms with Crippen LogP contribution in [0.3, 0.4) is 0 Å². The lowest BCUT2D eigenvalue weighted by Gasteiger charge is -2.08. The van der Waals surface area contributed by atoms with Crippen molar-refractivity contribution in [3.8, 4) is 11.5 Å². The van der Waals surface area contributed by atoms with Crippen molar-refractivity contribution in [1.29, 1.82) is 0 Å². The van der Waals surface area contributed by atoms with E-state index in [-0.39, 0.29) is 12.7 Å². The second kappa shape index (κ2) is 7.68. The summed E-state index contributed by atoms with van der Waals surface area (Å²) in [5.74, 6) is 1.55. The lowest BCUT2D eigenvalue weighted by molar-refractivity contribution is -0.116. The summed E-state index contributed by atoms with van der Waals surface area (Å²) in [7, 11) is 0. The van der Waals surface area contributed by atoms with Gasteiger partial charge in [0.05, 0.1) is 0 Å². The Kier molecular flexibility index (Phi) is 5.37. The van der Waals surface area contributed by atoms with Crippen LogP contribution in [-0.4, -0.2) is 19.2 Å². The Bertz CT molecular complexity index is 749. The smallest absolute Gasteiger partial charge is 0.231 e. The number of ether oxygens (including phenoxy) is 2. The molecule has 3 rings (SSSR count). The maximum Gasteiger partial charge on any atom is 0.231 e. The van der Waals surface area contributed by atoms with Crippen LogP contribution in [-0.2, 0) is 11.3 Å². The second-order valence-electron chi connectivity index (χ2n) is 5.63. The van der Waals surface area contributed by atoms with Gasteiger partial charge in [-0.15, -0.1) is 0 Å². The molecule has 126 valence electrons. The number of benzene rings is 2. The van der Waals surface area contributed by atoms with Gasteiger partial charge >= 0.3 is 0 Å². The fourth-order valence-corrected chi connectivity index (χ4v) is 2.68. The van der Waals surface area contributed by atoms with E-state index < -0.39 is 0 Å². The molecule has 0 spiro atoms. The molecule has 0 fully saturated rings. The first-order valence-corrected chi connectivity index (χ1v) is 8.56. The highest BCUT2D eigenvalue weighted by Crippen LogP contribution is 2.32. The molecule has 24 heavy (non-hydrogen) atoms. The number of halogens is 1.